The second-order valence-corrected chi connectivity index (χ2v) is 9.89. The fourth-order valence-corrected chi connectivity index (χ4v) is 3.50. The molecule has 30 heavy (non-hydrogen) atoms. The predicted octanol–water partition coefficient (Wildman–Crippen LogP) is 1.56. The van der Waals surface area contributed by atoms with Crippen molar-refractivity contribution in [3.8, 4) is 0 Å². The smallest absolute Gasteiger partial charge is 0.232 e. The predicted molar refractivity (Wildman–Crippen MR) is 111 cm³/mol. The highest BCUT2D eigenvalue weighted by Gasteiger charge is 2.35. The van der Waals surface area contributed by atoms with Crippen LogP contribution < -0.4 is 5.32 Å². The van der Waals surface area contributed by atoms with Gasteiger partial charge in [0.2, 0.25) is 17.7 Å². The third kappa shape index (κ3) is 7.19. The number of aryl methyl sites for hydroxylation is 1. The van der Waals surface area contributed by atoms with Crippen molar-refractivity contribution >= 4 is 17.7 Å². The van der Waals surface area contributed by atoms with E-state index in [4.69, 9.17) is 4.74 Å². The summed E-state index contributed by atoms with van der Waals surface area (Å²) in [7, 11) is 0. The highest BCUT2D eigenvalue weighted by Crippen LogP contribution is 2.24. The number of hydrogen-bond acceptors (Lipinski definition) is 6. The maximum absolute atomic E-state index is 12.3. The van der Waals surface area contributed by atoms with Gasteiger partial charge in [-0.3, -0.25) is 24.0 Å². The maximum atomic E-state index is 12.3. The van der Waals surface area contributed by atoms with Crippen LogP contribution in [0, 0.1) is 23.7 Å². The summed E-state index contributed by atoms with van der Waals surface area (Å²) >= 11 is 0. The van der Waals surface area contributed by atoms with Crippen LogP contribution in [0.2, 0.25) is 0 Å². The molecule has 1 saturated heterocycles. The summed E-state index contributed by atoms with van der Waals surface area (Å²) in [6, 6.07) is 0. The first-order valence-corrected chi connectivity index (χ1v) is 10.4. The van der Waals surface area contributed by atoms with E-state index in [0.717, 1.165) is 5.69 Å². The molecule has 1 atom stereocenters. The number of carbonyl (C=O) groups excluding carboxylic acids is 3. The number of nitrogens with zero attached hydrogens (tertiary/aromatic N) is 4. The van der Waals surface area contributed by atoms with Crippen molar-refractivity contribution in [3.05, 3.63) is 11.9 Å². The van der Waals surface area contributed by atoms with Crippen molar-refractivity contribution < 1.29 is 19.1 Å². The molecule has 0 saturated carbocycles. The lowest BCUT2D eigenvalue weighted by molar-refractivity contribution is -0.139. The van der Waals surface area contributed by atoms with E-state index in [9.17, 15) is 14.4 Å². The highest BCUT2D eigenvalue weighted by atomic mass is 16.5. The number of ether oxygens (including phenoxy) is 1. The van der Waals surface area contributed by atoms with Crippen molar-refractivity contribution in [2.75, 3.05) is 26.3 Å². The summed E-state index contributed by atoms with van der Waals surface area (Å²) in [6.07, 6.45) is 2.46. The topological polar surface area (TPSA) is 106 Å². The van der Waals surface area contributed by atoms with Gasteiger partial charge < -0.3 is 10.1 Å². The molecule has 1 aliphatic heterocycles. The van der Waals surface area contributed by atoms with Gasteiger partial charge in [-0.25, -0.2) is 0 Å². The summed E-state index contributed by atoms with van der Waals surface area (Å²) in [5, 5.41) is 10.9. The molecule has 0 bridgehead atoms. The molecule has 1 unspecified atom stereocenters. The van der Waals surface area contributed by atoms with E-state index < -0.39 is 0 Å². The molecule has 2 rings (SSSR count). The molecule has 1 N–H and O–H groups in total. The van der Waals surface area contributed by atoms with Crippen molar-refractivity contribution in [3.63, 3.8) is 0 Å². The van der Waals surface area contributed by atoms with Crippen LogP contribution in [0.15, 0.2) is 6.20 Å². The lowest BCUT2D eigenvalue weighted by Crippen LogP contribution is -2.39. The summed E-state index contributed by atoms with van der Waals surface area (Å²) in [4.78, 5) is 37.2. The Morgan fingerprint density at radius 1 is 1.23 bits per heavy atom. The molecule has 1 aromatic heterocycles. The molecule has 1 aliphatic rings. The van der Waals surface area contributed by atoms with E-state index in [-0.39, 0.29) is 54.0 Å². The third-order valence-corrected chi connectivity index (χ3v) is 4.99. The van der Waals surface area contributed by atoms with Crippen LogP contribution in [0.5, 0.6) is 0 Å². The van der Waals surface area contributed by atoms with Crippen LogP contribution in [-0.4, -0.2) is 63.9 Å². The molecule has 1 fully saturated rings. The number of rotatable bonds is 11. The van der Waals surface area contributed by atoms with E-state index in [1.54, 1.807) is 6.92 Å². The number of amides is 3. The molecule has 0 radical (unpaired) electrons. The van der Waals surface area contributed by atoms with Gasteiger partial charge in [-0.05, 0) is 12.3 Å². The monoisotopic (exact) mass is 421 g/mol. The maximum Gasteiger partial charge on any atom is 0.232 e. The van der Waals surface area contributed by atoms with Crippen LogP contribution >= 0.6 is 0 Å². The van der Waals surface area contributed by atoms with Gasteiger partial charge in [0.1, 0.15) is 0 Å². The number of carbonyl (C=O) groups is 3. The molecule has 9 nitrogen and oxygen atoms in total. The van der Waals surface area contributed by atoms with Gasteiger partial charge in [0.15, 0.2) is 0 Å². The number of imide groups is 1. The zero-order chi connectivity index (χ0) is 22.5. The molecule has 0 aromatic carbocycles. The van der Waals surface area contributed by atoms with Gasteiger partial charge in [-0.15, -0.1) is 5.10 Å². The van der Waals surface area contributed by atoms with Crippen molar-refractivity contribution in [2.24, 2.45) is 16.7 Å². The summed E-state index contributed by atoms with van der Waals surface area (Å²) in [5.74, 6) is -0.707. The SMILES string of the molecule is Cc1cn(CC(C)(C)COCC(C)(C)CC(=O)NCCN2C(=O)CC(C)C2=O)nn1. The van der Waals surface area contributed by atoms with Gasteiger partial charge in [0, 0.05) is 50.0 Å². The van der Waals surface area contributed by atoms with Gasteiger partial charge in [0.05, 0.1) is 18.9 Å². The van der Waals surface area contributed by atoms with Crippen LogP contribution in [0.1, 0.15) is 53.2 Å². The Morgan fingerprint density at radius 3 is 2.47 bits per heavy atom. The normalized spacial score (nSPS) is 17.7. The number of aromatic nitrogens is 3. The van der Waals surface area contributed by atoms with E-state index >= 15 is 0 Å². The lowest BCUT2D eigenvalue weighted by Gasteiger charge is -2.28. The Bertz CT molecular complexity index is 771. The van der Waals surface area contributed by atoms with Gasteiger partial charge in [0.25, 0.3) is 0 Å². The third-order valence-electron chi connectivity index (χ3n) is 4.99. The van der Waals surface area contributed by atoms with Crippen LogP contribution in [-0.2, 0) is 25.7 Å². The first-order chi connectivity index (χ1) is 13.9. The lowest BCUT2D eigenvalue weighted by atomic mass is 9.89. The molecule has 2 heterocycles. The Morgan fingerprint density at radius 2 is 1.90 bits per heavy atom. The molecule has 9 heteroatoms. The molecular formula is C21H35N5O4. The zero-order valence-electron chi connectivity index (χ0n) is 19.0. The van der Waals surface area contributed by atoms with E-state index in [1.807, 2.05) is 31.6 Å². The van der Waals surface area contributed by atoms with E-state index in [2.05, 4.69) is 29.5 Å². The van der Waals surface area contributed by atoms with Crippen molar-refractivity contribution in [2.45, 2.75) is 60.9 Å². The molecule has 0 spiro atoms. The molecule has 168 valence electrons. The van der Waals surface area contributed by atoms with Crippen molar-refractivity contribution in [1.29, 1.82) is 0 Å². The van der Waals surface area contributed by atoms with Gasteiger partial charge in [-0.2, -0.15) is 0 Å². The summed E-state index contributed by atoms with van der Waals surface area (Å²) in [5.41, 5.74) is 0.425. The molecule has 0 aliphatic carbocycles. The van der Waals surface area contributed by atoms with Crippen LogP contribution in [0.25, 0.3) is 0 Å². The Kier molecular flexibility index (Phi) is 7.74. The molecular weight excluding hydrogens is 386 g/mol. The Labute approximate surface area is 178 Å². The summed E-state index contributed by atoms with van der Waals surface area (Å²) in [6.45, 7) is 14.0. The Balaban J connectivity index is 1.69. The largest absolute Gasteiger partial charge is 0.380 e. The van der Waals surface area contributed by atoms with Crippen LogP contribution in [0.3, 0.4) is 0 Å². The second-order valence-electron chi connectivity index (χ2n) is 9.89. The van der Waals surface area contributed by atoms with Crippen LogP contribution in [0.4, 0.5) is 0 Å². The molecule has 1 aromatic rings. The zero-order valence-corrected chi connectivity index (χ0v) is 19.0. The summed E-state index contributed by atoms with van der Waals surface area (Å²) < 4.78 is 7.74. The number of likely N-dealkylation sites (tertiary alicyclic amines) is 1. The average molecular weight is 422 g/mol. The average Bonchev–Trinajstić information content (AvgIpc) is 3.10. The fourth-order valence-electron chi connectivity index (χ4n) is 3.50. The molecule has 3 amide bonds. The number of nitrogens with one attached hydrogen (secondary N) is 1. The Hall–Kier alpha value is -2.29. The van der Waals surface area contributed by atoms with Gasteiger partial charge in [-0.1, -0.05) is 39.8 Å². The van der Waals surface area contributed by atoms with E-state index in [0.29, 0.717) is 26.2 Å². The van der Waals surface area contributed by atoms with E-state index in [1.165, 1.54) is 4.90 Å². The highest BCUT2D eigenvalue weighted by molar-refractivity contribution is 6.03. The van der Waals surface area contributed by atoms with Crippen molar-refractivity contribution in [1.82, 2.24) is 25.2 Å². The first-order valence-electron chi connectivity index (χ1n) is 10.4. The standard InChI is InChI=1S/C21H35N5O4/c1-15-9-18(28)26(19(15)29)8-7-22-17(27)10-20(3,4)13-30-14-21(5,6)12-25-11-16(2)23-24-25/h11,15H,7-10,12-14H2,1-6H3,(H,22,27). The minimum atomic E-state index is -0.336. The fraction of sp³-hybridized carbons (Fsp3) is 0.762. The van der Waals surface area contributed by atoms with Gasteiger partial charge >= 0.3 is 0 Å². The minimum absolute atomic E-state index is 0.118. The first kappa shape index (κ1) is 24.0. The number of hydrogen-bond donors (Lipinski definition) is 1. The minimum Gasteiger partial charge on any atom is -0.380 e. The second kappa shape index (κ2) is 9.68. The quantitative estimate of drug-likeness (QED) is 0.544.